The second kappa shape index (κ2) is 8.88. The molecule has 5 aromatic rings. The number of thiophene rings is 1. The van der Waals surface area contributed by atoms with Crippen LogP contribution in [0.3, 0.4) is 0 Å². The Kier molecular flexibility index (Phi) is 5.34. The van der Waals surface area contributed by atoms with E-state index < -0.39 is 0 Å². The van der Waals surface area contributed by atoms with Gasteiger partial charge in [-0.15, -0.1) is 11.3 Å². The van der Waals surface area contributed by atoms with Crippen LogP contribution in [0, 0.1) is 6.92 Å². The first-order valence-electron chi connectivity index (χ1n) is 14.3. The van der Waals surface area contributed by atoms with E-state index in [-0.39, 0.29) is 11.7 Å². The van der Waals surface area contributed by atoms with Crippen LogP contribution in [-0.2, 0) is 33.0 Å². The Bertz CT molecular complexity index is 1880. The predicted octanol–water partition coefficient (Wildman–Crippen LogP) is 5.23. The summed E-state index contributed by atoms with van der Waals surface area (Å²) in [4.78, 5) is 30.3. The van der Waals surface area contributed by atoms with Crippen LogP contribution in [0.1, 0.15) is 60.8 Å². The molecular weight excluding hydrogens is 518 g/mol. The minimum Gasteiger partial charge on any atom is -0.348 e. The molecule has 202 valence electrons. The Hall–Kier alpha value is -3.75. The number of nitrogens with one attached hydrogen (secondary N) is 1. The van der Waals surface area contributed by atoms with E-state index in [4.69, 9.17) is 5.10 Å². The van der Waals surface area contributed by atoms with Crippen LogP contribution in [0.25, 0.3) is 32.9 Å². The Morgan fingerprint density at radius 3 is 2.73 bits per heavy atom. The summed E-state index contributed by atoms with van der Waals surface area (Å²) in [7, 11) is 1.96. The molecule has 0 radical (unpaired) electrons. The average Bonchev–Trinajstić information content (AvgIpc) is 3.77. The largest absolute Gasteiger partial charge is 0.348 e. The lowest BCUT2D eigenvalue weighted by molar-refractivity contribution is 0.0965. The number of fused-ring (bicyclic) bond motifs is 10. The molecule has 8 rings (SSSR count). The first-order valence-corrected chi connectivity index (χ1v) is 15.1. The second-order valence-corrected chi connectivity index (χ2v) is 12.4. The van der Waals surface area contributed by atoms with E-state index in [2.05, 4.69) is 33.1 Å². The van der Waals surface area contributed by atoms with Gasteiger partial charge < -0.3 is 14.8 Å². The van der Waals surface area contributed by atoms with Gasteiger partial charge in [-0.1, -0.05) is 0 Å². The molecule has 1 aliphatic carbocycles. The highest BCUT2D eigenvalue weighted by atomic mass is 32.1. The summed E-state index contributed by atoms with van der Waals surface area (Å²) in [6.45, 7) is 6.68. The first kappa shape index (κ1) is 24.1. The van der Waals surface area contributed by atoms with E-state index in [0.717, 1.165) is 93.7 Å². The van der Waals surface area contributed by atoms with Crippen LogP contribution < -0.4 is 5.32 Å². The number of likely N-dealkylation sites (tertiary alicyclic amines) is 1. The lowest BCUT2D eigenvalue weighted by Gasteiger charge is -2.22. The van der Waals surface area contributed by atoms with Gasteiger partial charge in [0.1, 0.15) is 0 Å². The summed E-state index contributed by atoms with van der Waals surface area (Å²) in [6.07, 6.45) is 6.30. The van der Waals surface area contributed by atoms with Crippen LogP contribution in [0.15, 0.2) is 35.8 Å². The molecule has 3 aliphatic rings. The number of ketones is 1. The SMILES string of the molecule is Cc1ccsc1C(=O)c1ccc2c(c1)c1c3c(c4c(c1n2CCN1CCCC1)CCc1nn(C)cc1-4)C(=O)NC3. The molecule has 1 N–H and O–H groups in total. The summed E-state index contributed by atoms with van der Waals surface area (Å²) in [6, 6.07) is 8.21. The second-order valence-electron chi connectivity index (χ2n) is 11.5. The Labute approximate surface area is 236 Å². The summed E-state index contributed by atoms with van der Waals surface area (Å²) in [5.74, 6) is 0.0560. The summed E-state index contributed by atoms with van der Waals surface area (Å²) in [5, 5.41) is 12.1. The van der Waals surface area contributed by atoms with Crippen molar-refractivity contribution in [3.63, 3.8) is 0 Å². The number of amides is 1. The van der Waals surface area contributed by atoms with E-state index >= 15 is 0 Å². The quantitative estimate of drug-likeness (QED) is 0.305. The minimum atomic E-state index is -0.00994. The smallest absolute Gasteiger partial charge is 0.252 e. The fraction of sp³-hybridized carbons (Fsp3) is 0.344. The van der Waals surface area contributed by atoms with Crippen molar-refractivity contribution >= 4 is 44.8 Å². The van der Waals surface area contributed by atoms with Crippen LogP contribution >= 0.6 is 11.3 Å². The van der Waals surface area contributed by atoms with Crippen LogP contribution in [0.5, 0.6) is 0 Å². The van der Waals surface area contributed by atoms with Gasteiger partial charge in [0.25, 0.3) is 5.91 Å². The van der Waals surface area contributed by atoms with Gasteiger partial charge in [0.2, 0.25) is 5.78 Å². The number of nitrogens with zero attached hydrogens (tertiary/aromatic N) is 4. The number of hydrogen-bond donors (Lipinski definition) is 1. The third-order valence-corrected chi connectivity index (χ3v) is 10.1. The maximum absolute atomic E-state index is 13.6. The zero-order valence-electron chi connectivity index (χ0n) is 22.8. The van der Waals surface area contributed by atoms with E-state index in [9.17, 15) is 9.59 Å². The van der Waals surface area contributed by atoms with Crippen molar-refractivity contribution in [2.24, 2.45) is 7.05 Å². The number of aryl methyl sites for hydroxylation is 4. The molecule has 1 amide bonds. The molecule has 1 saturated heterocycles. The molecule has 0 spiro atoms. The van der Waals surface area contributed by atoms with Gasteiger partial charge >= 0.3 is 0 Å². The van der Waals surface area contributed by atoms with Crippen molar-refractivity contribution in [2.75, 3.05) is 19.6 Å². The van der Waals surface area contributed by atoms with Crippen LogP contribution in [0.4, 0.5) is 0 Å². The Balaban J connectivity index is 1.42. The van der Waals surface area contributed by atoms with E-state index in [1.165, 1.54) is 35.3 Å². The molecular formula is C32H31N5O2S. The van der Waals surface area contributed by atoms with Crippen molar-refractivity contribution < 1.29 is 9.59 Å². The van der Waals surface area contributed by atoms with Gasteiger partial charge in [0, 0.05) is 65.9 Å². The number of hydrogen-bond acceptors (Lipinski definition) is 5. The standard InChI is InChI=1S/C32H31N5O2S/c1-18-9-14-40-31(18)30(38)19-5-8-25-21(15-19)27-22-16-33-32(39)28(22)26-20(6-7-24-23(26)17-35(2)34-24)29(27)37(25)13-12-36-10-3-4-11-36/h5,8-9,14-15,17H,3-4,6-7,10-13,16H2,1-2H3,(H,33,39). The zero-order chi connectivity index (χ0) is 27.1. The summed E-state index contributed by atoms with van der Waals surface area (Å²) >= 11 is 1.50. The summed E-state index contributed by atoms with van der Waals surface area (Å²) in [5.41, 5.74) is 10.4. The lowest BCUT2D eigenvalue weighted by atomic mass is 9.82. The van der Waals surface area contributed by atoms with Crippen molar-refractivity contribution in [1.29, 1.82) is 0 Å². The number of carbonyl (C=O) groups is 2. The fourth-order valence-electron chi connectivity index (χ4n) is 7.27. The third kappa shape index (κ3) is 3.42. The molecule has 7 nitrogen and oxygen atoms in total. The Morgan fingerprint density at radius 2 is 1.93 bits per heavy atom. The molecule has 5 heterocycles. The van der Waals surface area contributed by atoms with Gasteiger partial charge in [-0.3, -0.25) is 14.3 Å². The first-order chi connectivity index (χ1) is 19.5. The van der Waals surface area contributed by atoms with E-state index in [1.54, 1.807) is 0 Å². The van der Waals surface area contributed by atoms with Crippen LogP contribution in [-0.4, -0.2) is 50.6 Å². The van der Waals surface area contributed by atoms with Crippen LogP contribution in [0.2, 0.25) is 0 Å². The lowest BCUT2D eigenvalue weighted by Crippen LogP contribution is -2.24. The van der Waals surface area contributed by atoms with Crippen molar-refractivity contribution in [1.82, 2.24) is 24.6 Å². The number of carbonyl (C=O) groups excluding carboxylic acids is 2. The summed E-state index contributed by atoms with van der Waals surface area (Å²) < 4.78 is 4.35. The monoisotopic (exact) mass is 549 g/mol. The molecule has 3 aromatic heterocycles. The van der Waals surface area contributed by atoms with Gasteiger partial charge in [-0.2, -0.15) is 5.10 Å². The molecule has 0 unspecified atom stereocenters. The van der Waals surface area contributed by atoms with Gasteiger partial charge in [-0.05, 0) is 92.0 Å². The maximum atomic E-state index is 13.6. The maximum Gasteiger partial charge on any atom is 0.252 e. The highest BCUT2D eigenvalue weighted by molar-refractivity contribution is 7.12. The minimum absolute atomic E-state index is 0.00994. The van der Waals surface area contributed by atoms with E-state index in [0.29, 0.717) is 12.1 Å². The van der Waals surface area contributed by atoms with Gasteiger partial charge in [-0.25, -0.2) is 0 Å². The van der Waals surface area contributed by atoms with E-state index in [1.807, 2.05) is 36.2 Å². The zero-order valence-corrected chi connectivity index (χ0v) is 23.7. The van der Waals surface area contributed by atoms with Gasteiger partial charge in [0.15, 0.2) is 0 Å². The molecule has 0 atom stereocenters. The molecule has 0 saturated carbocycles. The third-order valence-electron chi connectivity index (χ3n) is 9.11. The molecule has 2 aliphatic heterocycles. The molecule has 1 fully saturated rings. The number of rotatable bonds is 5. The normalized spacial score (nSPS) is 16.5. The van der Waals surface area contributed by atoms with Crippen molar-refractivity contribution in [2.45, 2.75) is 45.7 Å². The molecule has 8 heteroatoms. The predicted molar refractivity (Wildman–Crippen MR) is 158 cm³/mol. The van der Waals surface area contributed by atoms with Crippen molar-refractivity contribution in [3.8, 4) is 11.1 Å². The Morgan fingerprint density at radius 1 is 1.07 bits per heavy atom. The fourth-order valence-corrected chi connectivity index (χ4v) is 8.16. The van der Waals surface area contributed by atoms with Gasteiger partial charge in [0.05, 0.1) is 21.7 Å². The average molecular weight is 550 g/mol. The molecule has 40 heavy (non-hydrogen) atoms. The molecule has 2 aromatic carbocycles. The highest BCUT2D eigenvalue weighted by Crippen LogP contribution is 2.47. The number of aromatic nitrogens is 3. The molecule has 0 bridgehead atoms. The highest BCUT2D eigenvalue weighted by Gasteiger charge is 2.35. The number of benzene rings is 2. The topological polar surface area (TPSA) is 72.2 Å². The van der Waals surface area contributed by atoms with Crippen molar-refractivity contribution in [3.05, 3.63) is 74.2 Å².